The Morgan fingerprint density at radius 3 is 2.67 bits per heavy atom. The van der Waals surface area contributed by atoms with E-state index in [4.69, 9.17) is 4.74 Å². The summed E-state index contributed by atoms with van der Waals surface area (Å²) in [6, 6.07) is 0. The molecule has 3 atom stereocenters. The summed E-state index contributed by atoms with van der Waals surface area (Å²) in [7, 11) is 0. The average molecular weight is 252 g/mol. The van der Waals surface area contributed by atoms with Gasteiger partial charge in [-0.15, -0.1) is 0 Å². The first-order chi connectivity index (χ1) is 8.40. The number of ether oxygens (including phenoxy) is 1. The van der Waals surface area contributed by atoms with Gasteiger partial charge >= 0.3 is 5.97 Å². The molecule has 0 aliphatic carbocycles. The van der Waals surface area contributed by atoms with E-state index in [1.165, 1.54) is 5.57 Å². The van der Waals surface area contributed by atoms with E-state index >= 15 is 0 Å². The van der Waals surface area contributed by atoms with Crippen molar-refractivity contribution in [3.63, 3.8) is 0 Å². The number of hydrogen-bond acceptors (Lipinski definition) is 3. The number of carbonyl (C=O) groups is 2. The molecule has 1 heterocycles. The van der Waals surface area contributed by atoms with Crippen LogP contribution in [0.1, 0.15) is 53.4 Å². The number of hydrogen-bond donors (Lipinski definition) is 0. The lowest BCUT2D eigenvalue weighted by molar-refractivity contribution is -0.142. The van der Waals surface area contributed by atoms with Crippen LogP contribution in [0.25, 0.3) is 0 Å². The van der Waals surface area contributed by atoms with Gasteiger partial charge in [-0.1, -0.05) is 18.6 Å². The number of allylic oxidation sites excluding steroid dienone is 2. The van der Waals surface area contributed by atoms with Gasteiger partial charge in [-0.25, -0.2) is 0 Å². The SMILES string of the molecule is CC(=O)C[C@@H]1OC(=O)C[C@H]1C(C)CCC=C(C)C. The summed E-state index contributed by atoms with van der Waals surface area (Å²) in [5.74, 6) is 0.555. The summed E-state index contributed by atoms with van der Waals surface area (Å²) < 4.78 is 5.26. The molecule has 1 unspecified atom stereocenters. The molecule has 0 spiro atoms. The molecule has 0 aromatic rings. The predicted octanol–water partition coefficient (Wildman–Crippen LogP) is 3.28. The van der Waals surface area contributed by atoms with Crippen molar-refractivity contribution in [1.82, 2.24) is 0 Å². The van der Waals surface area contributed by atoms with Crippen molar-refractivity contribution in [3.05, 3.63) is 11.6 Å². The number of carbonyl (C=O) groups excluding carboxylic acids is 2. The zero-order valence-electron chi connectivity index (χ0n) is 11.9. The summed E-state index contributed by atoms with van der Waals surface area (Å²) in [4.78, 5) is 22.6. The molecule has 0 aromatic heterocycles. The summed E-state index contributed by atoms with van der Waals surface area (Å²) in [5.41, 5.74) is 1.32. The predicted molar refractivity (Wildman–Crippen MR) is 71.1 cm³/mol. The van der Waals surface area contributed by atoms with Crippen LogP contribution >= 0.6 is 0 Å². The van der Waals surface area contributed by atoms with Crippen LogP contribution in [0.3, 0.4) is 0 Å². The first-order valence-corrected chi connectivity index (χ1v) is 6.72. The Hall–Kier alpha value is -1.12. The lowest BCUT2D eigenvalue weighted by Gasteiger charge is -2.22. The van der Waals surface area contributed by atoms with Crippen LogP contribution in [-0.2, 0) is 14.3 Å². The highest BCUT2D eigenvalue weighted by Gasteiger charge is 2.38. The Bertz CT molecular complexity index is 340. The molecule has 3 heteroatoms. The van der Waals surface area contributed by atoms with Gasteiger partial charge in [0.05, 0.1) is 6.42 Å². The topological polar surface area (TPSA) is 43.4 Å². The second-order valence-electron chi connectivity index (χ2n) is 5.64. The molecule has 0 bridgehead atoms. The van der Waals surface area contributed by atoms with Crippen LogP contribution in [0.5, 0.6) is 0 Å². The first kappa shape index (κ1) is 14.9. The Morgan fingerprint density at radius 2 is 2.11 bits per heavy atom. The fourth-order valence-electron chi connectivity index (χ4n) is 2.52. The molecule has 1 saturated heterocycles. The Balaban J connectivity index is 2.53. The third-order valence-electron chi connectivity index (χ3n) is 3.56. The van der Waals surface area contributed by atoms with Crippen molar-refractivity contribution in [2.24, 2.45) is 11.8 Å². The van der Waals surface area contributed by atoms with Crippen molar-refractivity contribution in [2.45, 2.75) is 59.5 Å². The van der Waals surface area contributed by atoms with Crippen LogP contribution < -0.4 is 0 Å². The van der Waals surface area contributed by atoms with E-state index in [0.29, 0.717) is 18.8 Å². The molecule has 0 saturated carbocycles. The fourth-order valence-corrected chi connectivity index (χ4v) is 2.52. The van der Waals surface area contributed by atoms with Gasteiger partial charge in [0.25, 0.3) is 0 Å². The molecule has 3 nitrogen and oxygen atoms in total. The van der Waals surface area contributed by atoms with Gasteiger partial charge in [-0.05, 0) is 39.5 Å². The first-order valence-electron chi connectivity index (χ1n) is 6.72. The number of Topliss-reactive ketones (excluding diaryl/α,β-unsaturated/α-hetero) is 1. The van der Waals surface area contributed by atoms with Crippen LogP contribution in [-0.4, -0.2) is 17.9 Å². The minimum Gasteiger partial charge on any atom is -0.462 e. The van der Waals surface area contributed by atoms with Crippen molar-refractivity contribution in [1.29, 1.82) is 0 Å². The molecule has 1 fully saturated rings. The molecule has 1 rings (SSSR count). The highest BCUT2D eigenvalue weighted by atomic mass is 16.5. The van der Waals surface area contributed by atoms with Crippen LogP contribution in [0, 0.1) is 11.8 Å². The van der Waals surface area contributed by atoms with Gasteiger partial charge in [0.15, 0.2) is 0 Å². The third kappa shape index (κ3) is 4.63. The van der Waals surface area contributed by atoms with Gasteiger partial charge in [0.1, 0.15) is 11.9 Å². The molecule has 102 valence electrons. The quantitative estimate of drug-likeness (QED) is 0.538. The number of esters is 1. The number of ketones is 1. The molecular weight excluding hydrogens is 228 g/mol. The molecule has 0 radical (unpaired) electrons. The molecular formula is C15H24O3. The number of rotatable bonds is 6. The summed E-state index contributed by atoms with van der Waals surface area (Å²) in [6.07, 6.45) is 4.92. The van der Waals surface area contributed by atoms with E-state index in [9.17, 15) is 9.59 Å². The lowest BCUT2D eigenvalue weighted by atomic mass is 9.83. The maximum Gasteiger partial charge on any atom is 0.306 e. The van der Waals surface area contributed by atoms with E-state index < -0.39 is 0 Å². The third-order valence-corrected chi connectivity index (χ3v) is 3.56. The van der Waals surface area contributed by atoms with Crippen molar-refractivity contribution in [3.8, 4) is 0 Å². The van der Waals surface area contributed by atoms with Crippen molar-refractivity contribution >= 4 is 11.8 Å². The molecule has 1 aliphatic rings. The standard InChI is InChI=1S/C15H24O3/c1-10(2)6-5-7-11(3)13-9-15(17)18-14(13)8-12(4)16/h6,11,13-14H,5,7-9H2,1-4H3/t11?,13-,14-/m0/s1. The fraction of sp³-hybridized carbons (Fsp3) is 0.733. The lowest BCUT2D eigenvalue weighted by Crippen LogP contribution is -2.24. The molecule has 18 heavy (non-hydrogen) atoms. The molecule has 1 aliphatic heterocycles. The minimum atomic E-state index is -0.197. The van der Waals surface area contributed by atoms with Crippen molar-refractivity contribution in [2.75, 3.05) is 0 Å². The Labute approximate surface area is 110 Å². The Morgan fingerprint density at radius 1 is 1.44 bits per heavy atom. The minimum absolute atomic E-state index is 0.0937. The molecule has 0 N–H and O–H groups in total. The zero-order chi connectivity index (χ0) is 13.7. The van der Waals surface area contributed by atoms with E-state index in [0.717, 1.165) is 12.8 Å². The summed E-state index contributed by atoms with van der Waals surface area (Å²) in [5, 5.41) is 0. The maximum absolute atomic E-state index is 11.4. The molecule has 0 aromatic carbocycles. The van der Waals surface area contributed by atoms with Gasteiger partial charge in [-0.2, -0.15) is 0 Å². The van der Waals surface area contributed by atoms with Crippen LogP contribution in [0.15, 0.2) is 11.6 Å². The summed E-state index contributed by atoms with van der Waals surface area (Å²) in [6.45, 7) is 7.88. The summed E-state index contributed by atoms with van der Waals surface area (Å²) >= 11 is 0. The Kier molecular flexibility index (Phi) is 5.57. The van der Waals surface area contributed by atoms with Gasteiger partial charge in [0.2, 0.25) is 0 Å². The van der Waals surface area contributed by atoms with Crippen LogP contribution in [0.4, 0.5) is 0 Å². The van der Waals surface area contributed by atoms with Gasteiger partial charge < -0.3 is 4.74 Å². The number of cyclic esters (lactones) is 1. The monoisotopic (exact) mass is 252 g/mol. The van der Waals surface area contributed by atoms with Crippen LogP contribution in [0.2, 0.25) is 0 Å². The van der Waals surface area contributed by atoms with Gasteiger partial charge in [0, 0.05) is 12.3 Å². The largest absolute Gasteiger partial charge is 0.462 e. The second-order valence-corrected chi connectivity index (χ2v) is 5.64. The highest BCUT2D eigenvalue weighted by Crippen LogP contribution is 2.33. The van der Waals surface area contributed by atoms with Gasteiger partial charge in [-0.3, -0.25) is 9.59 Å². The maximum atomic E-state index is 11.4. The smallest absolute Gasteiger partial charge is 0.306 e. The highest BCUT2D eigenvalue weighted by molar-refractivity contribution is 5.78. The average Bonchev–Trinajstić information content (AvgIpc) is 2.57. The van der Waals surface area contributed by atoms with E-state index in [2.05, 4.69) is 26.8 Å². The molecule has 0 amide bonds. The van der Waals surface area contributed by atoms with E-state index in [1.54, 1.807) is 6.92 Å². The normalized spacial score (nSPS) is 24.6. The van der Waals surface area contributed by atoms with E-state index in [1.807, 2.05) is 0 Å². The second kappa shape index (κ2) is 6.72. The van der Waals surface area contributed by atoms with Crippen molar-refractivity contribution < 1.29 is 14.3 Å². The zero-order valence-corrected chi connectivity index (χ0v) is 11.9. The van der Waals surface area contributed by atoms with E-state index in [-0.39, 0.29) is 23.8 Å².